The first-order valence-electron chi connectivity index (χ1n) is 7.80. The third-order valence-electron chi connectivity index (χ3n) is 5.01. The molecule has 0 aromatic carbocycles. The van der Waals surface area contributed by atoms with Crippen molar-refractivity contribution in [1.82, 2.24) is 9.96 Å². The molecule has 1 amide bonds. The first-order valence-corrected chi connectivity index (χ1v) is 8.68. The number of esters is 1. The SMILES string of the molecule is COC(=O)C1CC(=O)N(OC)C12CCN(Cc1cccs1)CC2. The Kier molecular flexibility index (Phi) is 4.70. The van der Waals surface area contributed by atoms with Crippen LogP contribution < -0.4 is 0 Å². The van der Waals surface area contributed by atoms with Crippen molar-refractivity contribution in [2.75, 3.05) is 27.3 Å². The molecule has 0 N–H and O–H groups in total. The van der Waals surface area contributed by atoms with Crippen molar-refractivity contribution >= 4 is 23.2 Å². The Hall–Kier alpha value is -1.44. The zero-order valence-electron chi connectivity index (χ0n) is 13.5. The van der Waals surface area contributed by atoms with Gasteiger partial charge < -0.3 is 4.74 Å². The van der Waals surface area contributed by atoms with Crippen LogP contribution in [0.3, 0.4) is 0 Å². The van der Waals surface area contributed by atoms with Crippen molar-refractivity contribution < 1.29 is 19.2 Å². The van der Waals surface area contributed by atoms with Crippen LogP contribution in [0.2, 0.25) is 0 Å². The predicted octanol–water partition coefficient (Wildman–Crippen LogP) is 1.67. The smallest absolute Gasteiger partial charge is 0.311 e. The minimum absolute atomic E-state index is 0.130. The molecule has 0 radical (unpaired) electrons. The van der Waals surface area contributed by atoms with E-state index < -0.39 is 11.5 Å². The summed E-state index contributed by atoms with van der Waals surface area (Å²) >= 11 is 1.75. The summed E-state index contributed by atoms with van der Waals surface area (Å²) in [5.41, 5.74) is -0.565. The molecule has 0 saturated carbocycles. The maximum Gasteiger partial charge on any atom is 0.311 e. The fourth-order valence-corrected chi connectivity index (χ4v) is 4.58. The van der Waals surface area contributed by atoms with Crippen molar-refractivity contribution in [3.05, 3.63) is 22.4 Å². The number of nitrogens with zero attached hydrogens (tertiary/aromatic N) is 2. The summed E-state index contributed by atoms with van der Waals surface area (Å²) in [6, 6.07) is 4.19. The number of carbonyl (C=O) groups is 2. The van der Waals surface area contributed by atoms with Crippen molar-refractivity contribution in [1.29, 1.82) is 0 Å². The Morgan fingerprint density at radius 1 is 1.39 bits per heavy atom. The molecule has 0 aliphatic carbocycles. The highest BCUT2D eigenvalue weighted by Gasteiger charge is 2.58. The van der Waals surface area contributed by atoms with Crippen LogP contribution in [-0.4, -0.2) is 54.7 Å². The molecule has 2 aliphatic rings. The van der Waals surface area contributed by atoms with Crippen LogP contribution in [0.15, 0.2) is 17.5 Å². The molecule has 23 heavy (non-hydrogen) atoms. The average Bonchev–Trinajstić information content (AvgIpc) is 3.15. The van der Waals surface area contributed by atoms with Gasteiger partial charge in [0.2, 0.25) is 5.91 Å². The fraction of sp³-hybridized carbons (Fsp3) is 0.625. The zero-order chi connectivity index (χ0) is 16.4. The third-order valence-corrected chi connectivity index (χ3v) is 5.87. The molecule has 3 rings (SSSR count). The Morgan fingerprint density at radius 2 is 2.13 bits per heavy atom. The lowest BCUT2D eigenvalue weighted by Crippen LogP contribution is -2.56. The minimum atomic E-state index is -0.565. The summed E-state index contributed by atoms with van der Waals surface area (Å²) in [6.45, 7) is 2.58. The highest BCUT2D eigenvalue weighted by atomic mass is 32.1. The van der Waals surface area contributed by atoms with Gasteiger partial charge in [0.15, 0.2) is 0 Å². The number of hydroxylamine groups is 2. The fourth-order valence-electron chi connectivity index (χ4n) is 3.84. The van der Waals surface area contributed by atoms with Gasteiger partial charge in [-0.1, -0.05) is 6.07 Å². The Balaban J connectivity index is 1.74. The lowest BCUT2D eigenvalue weighted by atomic mass is 9.77. The van der Waals surface area contributed by atoms with E-state index in [2.05, 4.69) is 22.4 Å². The molecule has 126 valence electrons. The van der Waals surface area contributed by atoms with Gasteiger partial charge in [-0.2, -0.15) is 0 Å². The molecule has 6 nitrogen and oxygen atoms in total. The van der Waals surface area contributed by atoms with E-state index in [-0.39, 0.29) is 18.3 Å². The third kappa shape index (κ3) is 2.88. The van der Waals surface area contributed by atoms with Crippen LogP contribution in [0.4, 0.5) is 0 Å². The molecular formula is C16H22N2O4S. The number of methoxy groups -OCH3 is 1. The minimum Gasteiger partial charge on any atom is -0.469 e. The monoisotopic (exact) mass is 338 g/mol. The summed E-state index contributed by atoms with van der Waals surface area (Å²) < 4.78 is 4.93. The Morgan fingerprint density at radius 3 is 2.70 bits per heavy atom. The van der Waals surface area contributed by atoms with Crippen molar-refractivity contribution in [2.24, 2.45) is 5.92 Å². The van der Waals surface area contributed by atoms with E-state index in [1.54, 1.807) is 11.3 Å². The quantitative estimate of drug-likeness (QED) is 0.782. The van der Waals surface area contributed by atoms with Crippen molar-refractivity contribution in [3.8, 4) is 0 Å². The largest absolute Gasteiger partial charge is 0.469 e. The van der Waals surface area contributed by atoms with Gasteiger partial charge in [0.25, 0.3) is 0 Å². The van der Waals surface area contributed by atoms with E-state index >= 15 is 0 Å². The van der Waals surface area contributed by atoms with E-state index in [4.69, 9.17) is 9.57 Å². The lowest BCUT2D eigenvalue weighted by Gasteiger charge is -2.45. The molecule has 1 atom stereocenters. The molecule has 2 fully saturated rings. The molecule has 1 aromatic heterocycles. The van der Waals surface area contributed by atoms with Gasteiger partial charge in [-0.05, 0) is 24.3 Å². The number of ether oxygens (including phenoxy) is 1. The number of likely N-dealkylation sites (tertiary alicyclic amines) is 1. The number of rotatable bonds is 4. The molecular weight excluding hydrogens is 316 g/mol. The van der Waals surface area contributed by atoms with Crippen LogP contribution in [0, 0.1) is 5.92 Å². The first kappa shape index (κ1) is 16.4. The number of piperidine rings is 1. The van der Waals surface area contributed by atoms with E-state index in [9.17, 15) is 9.59 Å². The molecule has 2 saturated heterocycles. The molecule has 1 unspecified atom stereocenters. The summed E-state index contributed by atoms with van der Waals surface area (Å²) in [4.78, 5) is 33.4. The number of amides is 1. The molecule has 7 heteroatoms. The highest BCUT2D eigenvalue weighted by Crippen LogP contribution is 2.44. The van der Waals surface area contributed by atoms with Gasteiger partial charge in [0.1, 0.15) is 0 Å². The van der Waals surface area contributed by atoms with Gasteiger partial charge in [-0.15, -0.1) is 11.3 Å². The maximum absolute atomic E-state index is 12.2. The van der Waals surface area contributed by atoms with E-state index in [1.807, 2.05) is 0 Å². The summed E-state index contributed by atoms with van der Waals surface area (Å²) in [5, 5.41) is 3.51. The van der Waals surface area contributed by atoms with Crippen LogP contribution >= 0.6 is 11.3 Å². The second kappa shape index (κ2) is 6.59. The number of hydrogen-bond acceptors (Lipinski definition) is 6. The molecule has 3 heterocycles. The Bertz CT molecular complexity index is 565. The van der Waals surface area contributed by atoms with Gasteiger partial charge in [-0.25, -0.2) is 5.06 Å². The first-order chi connectivity index (χ1) is 11.1. The highest BCUT2D eigenvalue weighted by molar-refractivity contribution is 7.09. The number of thiophene rings is 1. The van der Waals surface area contributed by atoms with Gasteiger partial charge >= 0.3 is 5.97 Å². The van der Waals surface area contributed by atoms with Gasteiger partial charge in [-0.3, -0.25) is 19.3 Å². The zero-order valence-corrected chi connectivity index (χ0v) is 14.3. The number of hydrogen-bond donors (Lipinski definition) is 0. The second-order valence-electron chi connectivity index (χ2n) is 6.11. The topological polar surface area (TPSA) is 59.1 Å². The van der Waals surface area contributed by atoms with E-state index in [0.29, 0.717) is 0 Å². The van der Waals surface area contributed by atoms with Gasteiger partial charge in [0, 0.05) is 30.9 Å². The van der Waals surface area contributed by atoms with Crippen molar-refractivity contribution in [2.45, 2.75) is 31.3 Å². The maximum atomic E-state index is 12.2. The number of carbonyl (C=O) groups excluding carboxylic acids is 2. The average molecular weight is 338 g/mol. The van der Waals surface area contributed by atoms with Crippen LogP contribution in [0.5, 0.6) is 0 Å². The van der Waals surface area contributed by atoms with Crippen molar-refractivity contribution in [3.63, 3.8) is 0 Å². The normalized spacial score (nSPS) is 24.3. The van der Waals surface area contributed by atoms with Crippen LogP contribution in [0.1, 0.15) is 24.1 Å². The standard InChI is InChI=1S/C16H22N2O4S/c1-21-15(20)13-10-14(19)18(22-2)16(13)5-7-17(8-6-16)11-12-4-3-9-23-12/h3-4,9,13H,5-8,10-11H2,1-2H3. The summed E-state index contributed by atoms with van der Waals surface area (Å²) in [6.07, 6.45) is 1.61. The lowest BCUT2D eigenvalue weighted by molar-refractivity contribution is -0.210. The molecule has 1 spiro atoms. The van der Waals surface area contributed by atoms with E-state index in [1.165, 1.54) is 24.2 Å². The molecule has 1 aromatic rings. The Labute approximate surface area is 139 Å². The predicted molar refractivity (Wildman–Crippen MR) is 85.5 cm³/mol. The summed E-state index contributed by atoms with van der Waals surface area (Å²) in [5.74, 6) is -0.886. The van der Waals surface area contributed by atoms with Crippen LogP contribution in [-0.2, 0) is 25.7 Å². The second-order valence-corrected chi connectivity index (χ2v) is 7.14. The molecule has 0 bridgehead atoms. The summed E-state index contributed by atoms with van der Waals surface area (Å²) in [7, 11) is 2.87. The van der Waals surface area contributed by atoms with E-state index in [0.717, 1.165) is 32.5 Å². The van der Waals surface area contributed by atoms with Gasteiger partial charge in [0.05, 0.1) is 25.7 Å². The molecule has 2 aliphatic heterocycles. The van der Waals surface area contributed by atoms with Crippen LogP contribution in [0.25, 0.3) is 0 Å².